The Morgan fingerprint density at radius 1 is 1.33 bits per heavy atom. The van der Waals surface area contributed by atoms with Crippen LogP contribution in [0, 0.1) is 0 Å². The van der Waals surface area contributed by atoms with Gasteiger partial charge >= 0.3 is 6.18 Å². The van der Waals surface area contributed by atoms with E-state index in [-0.39, 0.29) is 24.5 Å². The van der Waals surface area contributed by atoms with E-state index in [0.29, 0.717) is 0 Å². The molecule has 1 amide bonds. The van der Waals surface area contributed by atoms with Gasteiger partial charge < -0.3 is 10.7 Å². The smallest absolute Gasteiger partial charge is 0.351 e. The highest BCUT2D eigenvalue weighted by Crippen LogP contribution is 2.20. The Morgan fingerprint density at radius 3 is 2.56 bits per heavy atom. The summed E-state index contributed by atoms with van der Waals surface area (Å²) in [5.41, 5.74) is 2.25. The Morgan fingerprint density at radius 2 is 2.06 bits per heavy atom. The minimum absolute atomic E-state index is 0.0148. The van der Waals surface area contributed by atoms with Crippen LogP contribution in [0.15, 0.2) is 12.4 Å². The summed E-state index contributed by atoms with van der Waals surface area (Å²) in [7, 11) is 0. The minimum atomic E-state index is -4.21. The number of alkyl halides is 3. The van der Waals surface area contributed by atoms with Crippen molar-refractivity contribution >= 4 is 11.7 Å². The van der Waals surface area contributed by atoms with Crippen molar-refractivity contribution < 1.29 is 18.0 Å². The monoisotopic (exact) mass is 263 g/mol. The molecule has 1 heterocycles. The molecule has 9 heteroatoms. The minimum Gasteiger partial charge on any atom is -0.351 e. The molecule has 0 atom stereocenters. The molecule has 0 radical (unpaired) electrons. The largest absolute Gasteiger partial charge is 0.389 e. The molecule has 1 rings (SSSR count). The number of nitrogens with zero attached hydrogens (tertiary/aromatic N) is 2. The zero-order valence-electron chi connectivity index (χ0n) is 9.29. The topological polar surface area (TPSA) is 92.9 Å². The number of hydrogen-bond acceptors (Lipinski definition) is 5. The van der Waals surface area contributed by atoms with Gasteiger partial charge in [0.05, 0.1) is 12.4 Å². The lowest BCUT2D eigenvalue weighted by atomic mass is 10.3. The number of amides is 1. The van der Waals surface area contributed by atoms with Crippen molar-refractivity contribution in [3.63, 3.8) is 0 Å². The second-order valence-corrected chi connectivity index (χ2v) is 3.41. The lowest BCUT2D eigenvalue weighted by Crippen LogP contribution is -2.26. The fourth-order valence-electron chi connectivity index (χ4n) is 1.10. The van der Waals surface area contributed by atoms with E-state index >= 15 is 0 Å². The Hall–Kier alpha value is -1.90. The van der Waals surface area contributed by atoms with Gasteiger partial charge in [-0.15, -0.1) is 0 Å². The van der Waals surface area contributed by atoms with Gasteiger partial charge in [-0.3, -0.25) is 4.79 Å². The lowest BCUT2D eigenvalue weighted by Gasteiger charge is -2.07. The second kappa shape index (κ2) is 6.15. The van der Waals surface area contributed by atoms with Gasteiger partial charge in [-0.25, -0.2) is 15.8 Å². The molecule has 18 heavy (non-hydrogen) atoms. The molecule has 0 aliphatic rings. The Labute approximate surface area is 101 Å². The summed E-state index contributed by atoms with van der Waals surface area (Å²) in [6, 6.07) is 0. The summed E-state index contributed by atoms with van der Waals surface area (Å²) in [5, 5.41) is 2.32. The summed E-state index contributed by atoms with van der Waals surface area (Å²) in [5.74, 6) is 4.76. The SMILES string of the molecule is NNc1cnc(C(=O)NCCCC(F)(F)F)cn1. The van der Waals surface area contributed by atoms with Crippen LogP contribution in [-0.4, -0.2) is 28.6 Å². The number of hydrogen-bond donors (Lipinski definition) is 3. The molecule has 0 aromatic carbocycles. The normalized spacial score (nSPS) is 11.1. The molecule has 0 saturated heterocycles. The molecule has 0 fully saturated rings. The standard InChI is InChI=1S/C9H12F3N5O/c10-9(11,12)2-1-3-14-8(18)6-4-16-7(17-13)5-15-6/h4-5H,1-3,13H2,(H,14,18)(H,16,17). The molecule has 0 spiro atoms. The fourth-order valence-corrected chi connectivity index (χ4v) is 1.10. The predicted octanol–water partition coefficient (Wildman–Crippen LogP) is 0.834. The van der Waals surface area contributed by atoms with Gasteiger partial charge in [0.15, 0.2) is 5.82 Å². The number of hydrazine groups is 1. The van der Waals surface area contributed by atoms with E-state index in [2.05, 4.69) is 20.7 Å². The van der Waals surface area contributed by atoms with Gasteiger partial charge in [0, 0.05) is 13.0 Å². The zero-order valence-corrected chi connectivity index (χ0v) is 9.29. The number of carbonyl (C=O) groups excluding carboxylic acids is 1. The molecule has 0 aliphatic heterocycles. The highest BCUT2D eigenvalue weighted by molar-refractivity contribution is 5.91. The van der Waals surface area contributed by atoms with E-state index in [9.17, 15) is 18.0 Å². The number of rotatable bonds is 5. The molecular weight excluding hydrogens is 251 g/mol. The molecule has 0 saturated carbocycles. The quantitative estimate of drug-likeness (QED) is 0.416. The number of halogens is 3. The third-order valence-electron chi connectivity index (χ3n) is 1.95. The van der Waals surface area contributed by atoms with E-state index in [4.69, 9.17) is 5.84 Å². The third kappa shape index (κ3) is 4.95. The molecule has 0 bridgehead atoms. The van der Waals surface area contributed by atoms with Crippen molar-refractivity contribution in [3.8, 4) is 0 Å². The van der Waals surface area contributed by atoms with Gasteiger partial charge in [0.25, 0.3) is 5.91 Å². The summed E-state index contributed by atoms with van der Waals surface area (Å²) in [6.07, 6.45) is -2.90. The molecule has 6 nitrogen and oxygen atoms in total. The Bertz CT molecular complexity index is 392. The molecule has 0 aliphatic carbocycles. The van der Waals surface area contributed by atoms with Gasteiger partial charge in [-0.2, -0.15) is 13.2 Å². The number of nitrogens with two attached hydrogens (primary N) is 1. The van der Waals surface area contributed by atoms with Crippen LogP contribution in [0.1, 0.15) is 23.3 Å². The number of aromatic nitrogens is 2. The maximum atomic E-state index is 11.8. The van der Waals surface area contributed by atoms with Crippen molar-refractivity contribution in [3.05, 3.63) is 18.1 Å². The van der Waals surface area contributed by atoms with E-state index in [1.807, 2.05) is 0 Å². The van der Waals surface area contributed by atoms with Crippen molar-refractivity contribution in [1.82, 2.24) is 15.3 Å². The van der Waals surface area contributed by atoms with Gasteiger partial charge in [0.2, 0.25) is 0 Å². The van der Waals surface area contributed by atoms with E-state index in [0.717, 1.165) is 0 Å². The van der Waals surface area contributed by atoms with Crippen LogP contribution in [0.3, 0.4) is 0 Å². The van der Waals surface area contributed by atoms with Crippen molar-refractivity contribution in [2.75, 3.05) is 12.0 Å². The number of nitrogens with one attached hydrogen (secondary N) is 2. The van der Waals surface area contributed by atoms with Crippen molar-refractivity contribution in [2.45, 2.75) is 19.0 Å². The average Bonchev–Trinajstić information content (AvgIpc) is 2.33. The Kier molecular flexibility index (Phi) is 4.84. The van der Waals surface area contributed by atoms with Crippen LogP contribution in [0.2, 0.25) is 0 Å². The number of carbonyl (C=O) groups is 1. The summed E-state index contributed by atoms with van der Waals surface area (Å²) < 4.78 is 35.5. The summed E-state index contributed by atoms with van der Waals surface area (Å²) in [4.78, 5) is 18.9. The van der Waals surface area contributed by atoms with Crippen LogP contribution in [0.5, 0.6) is 0 Å². The first kappa shape index (κ1) is 14.2. The van der Waals surface area contributed by atoms with Crippen molar-refractivity contribution in [2.24, 2.45) is 5.84 Å². The molecule has 4 N–H and O–H groups in total. The van der Waals surface area contributed by atoms with Crippen LogP contribution in [0.4, 0.5) is 19.0 Å². The Balaban J connectivity index is 2.36. The predicted molar refractivity (Wildman–Crippen MR) is 57.5 cm³/mol. The van der Waals surface area contributed by atoms with E-state index < -0.39 is 18.5 Å². The van der Waals surface area contributed by atoms with E-state index in [1.165, 1.54) is 12.4 Å². The van der Waals surface area contributed by atoms with E-state index in [1.54, 1.807) is 0 Å². The zero-order chi connectivity index (χ0) is 13.6. The highest BCUT2D eigenvalue weighted by Gasteiger charge is 2.26. The molecule has 1 aromatic rings. The molecular formula is C9H12F3N5O. The first-order valence-corrected chi connectivity index (χ1v) is 5.06. The number of nitrogen functional groups attached to an aromatic ring is 1. The molecule has 0 unspecified atom stereocenters. The maximum absolute atomic E-state index is 11.8. The lowest BCUT2D eigenvalue weighted by molar-refractivity contribution is -0.135. The summed E-state index contributed by atoms with van der Waals surface area (Å²) >= 11 is 0. The van der Waals surface area contributed by atoms with Crippen molar-refractivity contribution in [1.29, 1.82) is 0 Å². The average molecular weight is 263 g/mol. The van der Waals surface area contributed by atoms with Crippen LogP contribution in [-0.2, 0) is 0 Å². The molecule has 1 aromatic heterocycles. The van der Waals surface area contributed by atoms with Gasteiger partial charge in [0.1, 0.15) is 5.69 Å². The second-order valence-electron chi connectivity index (χ2n) is 3.41. The maximum Gasteiger partial charge on any atom is 0.389 e. The van der Waals surface area contributed by atoms with Crippen LogP contribution < -0.4 is 16.6 Å². The van der Waals surface area contributed by atoms with Crippen LogP contribution in [0.25, 0.3) is 0 Å². The third-order valence-corrected chi connectivity index (χ3v) is 1.95. The number of anilines is 1. The molecule has 100 valence electrons. The first-order chi connectivity index (χ1) is 8.42. The van der Waals surface area contributed by atoms with Gasteiger partial charge in [-0.1, -0.05) is 0 Å². The highest BCUT2D eigenvalue weighted by atomic mass is 19.4. The fraction of sp³-hybridized carbons (Fsp3) is 0.444. The van der Waals surface area contributed by atoms with Crippen LogP contribution >= 0.6 is 0 Å². The first-order valence-electron chi connectivity index (χ1n) is 5.06. The summed E-state index contributed by atoms with van der Waals surface area (Å²) in [6.45, 7) is -0.0725. The van der Waals surface area contributed by atoms with Gasteiger partial charge in [-0.05, 0) is 6.42 Å².